The second kappa shape index (κ2) is 6.03. The molecule has 132 valence electrons. The number of aliphatic imine (C=N–C) groups is 1. The molecule has 0 unspecified atom stereocenters. The third-order valence-electron chi connectivity index (χ3n) is 4.18. The van der Waals surface area contributed by atoms with Crippen LogP contribution in [-0.2, 0) is 13.6 Å². The van der Waals surface area contributed by atoms with Crippen LogP contribution in [0.15, 0.2) is 35.6 Å². The monoisotopic (exact) mass is 349 g/mol. The first-order valence-corrected chi connectivity index (χ1v) is 8.10. The standard InChI is InChI=1S/C17H19N9/c1-20-16-13-14(26(2)8-22-13)10-6-12(24-15(10)25-16)11-5-3-4-9(23-11)7-21-17(18)19/h3-6,8H,7H2,1-2H3,(H4,18,19,21)(H2,20,24,25). The molecule has 0 aliphatic heterocycles. The van der Waals surface area contributed by atoms with E-state index in [4.69, 9.17) is 11.5 Å². The van der Waals surface area contributed by atoms with Crippen LogP contribution in [0, 0.1) is 0 Å². The van der Waals surface area contributed by atoms with Crippen LogP contribution in [0.2, 0.25) is 0 Å². The van der Waals surface area contributed by atoms with E-state index in [0.29, 0.717) is 6.54 Å². The Morgan fingerprint density at radius 3 is 2.92 bits per heavy atom. The summed E-state index contributed by atoms with van der Waals surface area (Å²) in [5.74, 6) is 0.779. The van der Waals surface area contributed by atoms with E-state index in [1.165, 1.54) is 0 Å². The van der Waals surface area contributed by atoms with Crippen LogP contribution in [0.1, 0.15) is 5.69 Å². The molecule has 0 saturated carbocycles. The topological polar surface area (TPSA) is 136 Å². The van der Waals surface area contributed by atoms with Crippen LogP contribution < -0.4 is 16.8 Å². The van der Waals surface area contributed by atoms with Crippen LogP contribution in [0.25, 0.3) is 33.5 Å². The Morgan fingerprint density at radius 2 is 2.15 bits per heavy atom. The van der Waals surface area contributed by atoms with Gasteiger partial charge in [-0.3, -0.25) is 0 Å². The summed E-state index contributed by atoms with van der Waals surface area (Å²) in [6.45, 7) is 0.338. The number of nitrogens with one attached hydrogen (secondary N) is 2. The van der Waals surface area contributed by atoms with Crippen LogP contribution in [0.5, 0.6) is 0 Å². The first-order chi connectivity index (χ1) is 12.6. The zero-order valence-electron chi connectivity index (χ0n) is 14.5. The van der Waals surface area contributed by atoms with E-state index < -0.39 is 0 Å². The Balaban J connectivity index is 1.86. The summed E-state index contributed by atoms with van der Waals surface area (Å²) in [4.78, 5) is 21.1. The molecule has 0 spiro atoms. The lowest BCUT2D eigenvalue weighted by Gasteiger charge is -2.02. The Hall–Kier alpha value is -3.62. The highest BCUT2D eigenvalue weighted by molar-refractivity contribution is 6.07. The van der Waals surface area contributed by atoms with Crippen molar-refractivity contribution in [2.45, 2.75) is 6.54 Å². The smallest absolute Gasteiger partial charge is 0.186 e. The average molecular weight is 349 g/mol. The number of rotatable bonds is 4. The molecule has 4 heterocycles. The van der Waals surface area contributed by atoms with Gasteiger partial charge in [-0.1, -0.05) is 6.07 Å². The van der Waals surface area contributed by atoms with Gasteiger partial charge in [-0.15, -0.1) is 0 Å². The third-order valence-corrected chi connectivity index (χ3v) is 4.18. The molecule has 4 aromatic rings. The molecule has 0 radical (unpaired) electrons. The molecule has 4 rings (SSSR count). The van der Waals surface area contributed by atoms with Crippen molar-refractivity contribution in [2.24, 2.45) is 23.5 Å². The number of guanidine groups is 1. The number of aromatic amines is 1. The van der Waals surface area contributed by atoms with Gasteiger partial charge < -0.3 is 26.3 Å². The fourth-order valence-electron chi connectivity index (χ4n) is 3.00. The first-order valence-electron chi connectivity index (χ1n) is 8.10. The number of fused-ring (bicyclic) bond motifs is 3. The molecule has 26 heavy (non-hydrogen) atoms. The van der Waals surface area contributed by atoms with E-state index in [1.807, 2.05) is 42.9 Å². The molecule has 0 aliphatic carbocycles. The summed E-state index contributed by atoms with van der Waals surface area (Å²) in [5.41, 5.74) is 15.9. The van der Waals surface area contributed by atoms with E-state index >= 15 is 0 Å². The second-order valence-corrected chi connectivity index (χ2v) is 5.96. The maximum atomic E-state index is 5.40. The number of nitrogens with zero attached hydrogens (tertiary/aromatic N) is 5. The van der Waals surface area contributed by atoms with Gasteiger partial charge in [-0.05, 0) is 18.2 Å². The van der Waals surface area contributed by atoms with Gasteiger partial charge >= 0.3 is 0 Å². The second-order valence-electron chi connectivity index (χ2n) is 5.96. The maximum Gasteiger partial charge on any atom is 0.186 e. The number of imidazole rings is 1. The van der Waals surface area contributed by atoms with E-state index in [9.17, 15) is 0 Å². The minimum Gasteiger partial charge on any atom is -0.371 e. The lowest BCUT2D eigenvalue weighted by Crippen LogP contribution is -2.22. The molecule has 0 aliphatic rings. The number of H-pyrrole nitrogens is 1. The summed E-state index contributed by atoms with van der Waals surface area (Å²) < 4.78 is 1.99. The number of aromatic nitrogens is 5. The molecule has 0 atom stereocenters. The normalized spacial score (nSPS) is 11.2. The van der Waals surface area contributed by atoms with Crippen LogP contribution in [0.3, 0.4) is 0 Å². The van der Waals surface area contributed by atoms with E-state index in [0.717, 1.165) is 45.0 Å². The predicted molar refractivity (Wildman–Crippen MR) is 103 cm³/mol. The van der Waals surface area contributed by atoms with Gasteiger partial charge in [0, 0.05) is 19.5 Å². The molecule has 9 heteroatoms. The minimum atomic E-state index is 0.0465. The highest BCUT2D eigenvalue weighted by Crippen LogP contribution is 2.31. The van der Waals surface area contributed by atoms with Gasteiger partial charge in [0.05, 0.1) is 35.5 Å². The van der Waals surface area contributed by atoms with Crippen molar-refractivity contribution in [3.63, 3.8) is 0 Å². The lowest BCUT2D eigenvalue weighted by atomic mass is 10.2. The SMILES string of the molecule is CNc1nc2[nH]c(-c3cccc(CN=C(N)N)n3)cc2c2c1ncn2C. The molecule has 0 fully saturated rings. The number of hydrogen-bond acceptors (Lipinski definition) is 5. The molecule has 6 N–H and O–H groups in total. The number of nitrogens with two attached hydrogens (primary N) is 2. The van der Waals surface area contributed by atoms with E-state index in [-0.39, 0.29) is 5.96 Å². The largest absolute Gasteiger partial charge is 0.371 e. The highest BCUT2D eigenvalue weighted by Gasteiger charge is 2.15. The Kier molecular flexibility index (Phi) is 3.68. The van der Waals surface area contributed by atoms with Gasteiger partial charge in [-0.2, -0.15) is 0 Å². The maximum absolute atomic E-state index is 5.40. The highest BCUT2D eigenvalue weighted by atomic mass is 15.1. The van der Waals surface area contributed by atoms with Crippen LogP contribution in [0.4, 0.5) is 5.82 Å². The summed E-state index contributed by atoms with van der Waals surface area (Å²) in [5, 5.41) is 4.09. The molecule has 0 bridgehead atoms. The number of pyridine rings is 2. The van der Waals surface area contributed by atoms with Crippen LogP contribution >= 0.6 is 0 Å². The van der Waals surface area contributed by atoms with Crippen molar-refractivity contribution in [2.75, 3.05) is 12.4 Å². The zero-order valence-corrected chi connectivity index (χ0v) is 14.5. The van der Waals surface area contributed by atoms with Gasteiger partial charge in [0.15, 0.2) is 11.8 Å². The van der Waals surface area contributed by atoms with Crippen molar-refractivity contribution in [1.29, 1.82) is 0 Å². The van der Waals surface area contributed by atoms with E-state index in [2.05, 4.69) is 30.2 Å². The van der Waals surface area contributed by atoms with Crippen molar-refractivity contribution in [3.8, 4) is 11.4 Å². The number of anilines is 1. The van der Waals surface area contributed by atoms with Crippen molar-refractivity contribution in [3.05, 3.63) is 36.3 Å². The summed E-state index contributed by atoms with van der Waals surface area (Å²) in [6, 6.07) is 7.79. The number of aryl methyl sites for hydroxylation is 1. The fourth-order valence-corrected chi connectivity index (χ4v) is 3.00. The molecule has 0 saturated heterocycles. The molecule has 0 amide bonds. The van der Waals surface area contributed by atoms with Gasteiger partial charge in [0.2, 0.25) is 0 Å². The Labute approximate surface area is 149 Å². The molecule has 4 aromatic heterocycles. The fraction of sp³-hybridized carbons (Fsp3) is 0.176. The minimum absolute atomic E-state index is 0.0465. The summed E-state index contributed by atoms with van der Waals surface area (Å²) in [7, 11) is 3.80. The third kappa shape index (κ3) is 2.59. The van der Waals surface area contributed by atoms with Crippen LogP contribution in [-0.4, -0.2) is 37.5 Å². The molecular formula is C17H19N9. The molecule has 0 aromatic carbocycles. The zero-order chi connectivity index (χ0) is 18.3. The predicted octanol–water partition coefficient (Wildman–Crippen LogP) is 1.33. The van der Waals surface area contributed by atoms with Crippen molar-refractivity contribution in [1.82, 2.24) is 24.5 Å². The quantitative estimate of drug-likeness (QED) is 0.324. The first kappa shape index (κ1) is 15.9. The molecular weight excluding hydrogens is 330 g/mol. The van der Waals surface area contributed by atoms with Crippen molar-refractivity contribution < 1.29 is 0 Å². The summed E-state index contributed by atoms with van der Waals surface area (Å²) in [6.07, 6.45) is 1.79. The van der Waals surface area contributed by atoms with Crippen molar-refractivity contribution >= 4 is 33.8 Å². The number of hydrogen-bond donors (Lipinski definition) is 4. The van der Waals surface area contributed by atoms with Gasteiger partial charge in [-0.25, -0.2) is 19.9 Å². The Morgan fingerprint density at radius 1 is 1.31 bits per heavy atom. The summed E-state index contributed by atoms with van der Waals surface area (Å²) >= 11 is 0. The average Bonchev–Trinajstić information content (AvgIpc) is 3.23. The van der Waals surface area contributed by atoms with E-state index in [1.54, 1.807) is 6.33 Å². The lowest BCUT2D eigenvalue weighted by molar-refractivity contribution is 0.951. The Bertz CT molecular complexity index is 1130. The van der Waals surface area contributed by atoms with Gasteiger partial charge in [0.1, 0.15) is 11.2 Å². The molecule has 9 nitrogen and oxygen atoms in total. The van der Waals surface area contributed by atoms with Gasteiger partial charge in [0.25, 0.3) is 0 Å².